The molecule has 4 heterocycles. The summed E-state index contributed by atoms with van der Waals surface area (Å²) >= 11 is 1.64. The molecule has 0 atom stereocenters. The van der Waals surface area contributed by atoms with Gasteiger partial charge in [-0.2, -0.15) is 0 Å². The number of aromatic nitrogens is 1. The molecule has 8 nitrogen and oxygen atoms in total. The van der Waals surface area contributed by atoms with Gasteiger partial charge in [0.15, 0.2) is 0 Å². The summed E-state index contributed by atoms with van der Waals surface area (Å²) in [7, 11) is 5.37. The maximum Gasteiger partial charge on any atom is 0.270 e. The van der Waals surface area contributed by atoms with Crippen LogP contribution >= 0.6 is 11.3 Å². The van der Waals surface area contributed by atoms with Gasteiger partial charge in [-0.1, -0.05) is 0 Å². The van der Waals surface area contributed by atoms with Gasteiger partial charge in [0, 0.05) is 56.8 Å². The van der Waals surface area contributed by atoms with Crippen LogP contribution in [0.15, 0.2) is 35.7 Å². The van der Waals surface area contributed by atoms with Crippen molar-refractivity contribution < 1.29 is 19.1 Å². The molecule has 2 aromatic heterocycles. The number of amides is 2. The van der Waals surface area contributed by atoms with Crippen LogP contribution in [0.25, 0.3) is 10.2 Å². The second kappa shape index (κ2) is 10.5. The van der Waals surface area contributed by atoms with Crippen LogP contribution in [-0.4, -0.2) is 91.6 Å². The van der Waals surface area contributed by atoms with E-state index in [1.54, 1.807) is 25.6 Å². The van der Waals surface area contributed by atoms with Gasteiger partial charge in [0.05, 0.1) is 31.0 Å². The lowest BCUT2D eigenvalue weighted by molar-refractivity contribution is -0.138. The highest BCUT2D eigenvalue weighted by atomic mass is 32.1. The summed E-state index contributed by atoms with van der Waals surface area (Å²) in [5.41, 5.74) is 2.70. The van der Waals surface area contributed by atoms with Crippen molar-refractivity contribution in [2.45, 2.75) is 19.4 Å². The average Bonchev–Trinajstić information content (AvgIpc) is 3.51. The molecular weight excluding hydrogens is 476 g/mol. The molecule has 0 N–H and O–H groups in total. The zero-order chi connectivity index (χ0) is 25.2. The Morgan fingerprint density at radius 3 is 2.39 bits per heavy atom. The maximum absolute atomic E-state index is 13.7. The minimum atomic E-state index is 0.0105. The average molecular weight is 511 g/mol. The number of nitrogens with zero attached hydrogens (tertiary/aromatic N) is 4. The van der Waals surface area contributed by atoms with Gasteiger partial charge >= 0.3 is 0 Å². The fraction of sp³-hybridized carbons (Fsp3) is 0.481. The molecule has 0 unspecified atom stereocenters. The zero-order valence-corrected chi connectivity index (χ0v) is 22.1. The number of hydrogen-bond acceptors (Lipinski definition) is 6. The summed E-state index contributed by atoms with van der Waals surface area (Å²) in [5, 5.41) is 2.05. The van der Waals surface area contributed by atoms with E-state index in [9.17, 15) is 9.59 Å². The number of methoxy groups -OCH3 is 2. The second-order valence-electron chi connectivity index (χ2n) is 9.66. The van der Waals surface area contributed by atoms with Crippen LogP contribution in [0.2, 0.25) is 0 Å². The topological polar surface area (TPSA) is 67.2 Å². The normalized spacial score (nSPS) is 17.5. The first-order valence-electron chi connectivity index (χ1n) is 12.5. The molecule has 2 amide bonds. The maximum atomic E-state index is 13.7. The number of thiophene rings is 1. The van der Waals surface area contributed by atoms with Crippen LogP contribution in [0.4, 0.5) is 0 Å². The summed E-state index contributed by atoms with van der Waals surface area (Å²) in [6.45, 7) is 5.18. The largest absolute Gasteiger partial charge is 0.497 e. The molecular formula is C27H34N4O4S. The predicted octanol–water partition coefficient (Wildman–Crippen LogP) is 3.39. The third-order valence-corrected chi connectivity index (χ3v) is 8.36. The number of likely N-dealkylation sites (tertiary alicyclic amines) is 1. The number of carbonyl (C=O) groups is 2. The third kappa shape index (κ3) is 4.82. The van der Waals surface area contributed by atoms with Gasteiger partial charge in [-0.15, -0.1) is 11.3 Å². The summed E-state index contributed by atoms with van der Waals surface area (Å²) in [6, 6.07) is 9.83. The van der Waals surface area contributed by atoms with Crippen molar-refractivity contribution in [1.82, 2.24) is 19.3 Å². The van der Waals surface area contributed by atoms with Gasteiger partial charge in [0.1, 0.15) is 17.2 Å². The molecule has 1 aromatic carbocycles. The molecule has 192 valence electrons. The minimum Gasteiger partial charge on any atom is -0.497 e. The summed E-state index contributed by atoms with van der Waals surface area (Å²) < 4.78 is 14.1. The Hall–Kier alpha value is -3.04. The molecule has 2 aliphatic heterocycles. The van der Waals surface area contributed by atoms with Gasteiger partial charge < -0.3 is 28.7 Å². The molecule has 0 bridgehead atoms. The highest BCUT2D eigenvalue weighted by Gasteiger charge is 2.32. The minimum absolute atomic E-state index is 0.0105. The number of benzene rings is 1. The van der Waals surface area contributed by atoms with Gasteiger partial charge in [-0.25, -0.2) is 0 Å². The van der Waals surface area contributed by atoms with Crippen molar-refractivity contribution in [1.29, 1.82) is 0 Å². The Morgan fingerprint density at radius 2 is 1.69 bits per heavy atom. The molecule has 36 heavy (non-hydrogen) atoms. The Morgan fingerprint density at radius 1 is 0.944 bits per heavy atom. The van der Waals surface area contributed by atoms with E-state index >= 15 is 0 Å². The van der Waals surface area contributed by atoms with Gasteiger partial charge in [-0.3, -0.25) is 9.59 Å². The zero-order valence-electron chi connectivity index (χ0n) is 21.2. The Bertz CT molecular complexity index is 1240. The van der Waals surface area contributed by atoms with Gasteiger partial charge in [-0.05, 0) is 49.5 Å². The quantitative estimate of drug-likeness (QED) is 0.509. The number of rotatable bonds is 6. The Labute approximate surface area is 216 Å². The van der Waals surface area contributed by atoms with Gasteiger partial charge in [0.25, 0.3) is 5.91 Å². The van der Waals surface area contributed by atoms with Gasteiger partial charge in [0.2, 0.25) is 5.91 Å². The van der Waals surface area contributed by atoms with E-state index in [2.05, 4.69) is 28.0 Å². The molecule has 9 heteroatoms. The van der Waals surface area contributed by atoms with Crippen molar-refractivity contribution in [2.24, 2.45) is 5.92 Å². The molecule has 2 saturated heterocycles. The highest BCUT2D eigenvalue weighted by Crippen LogP contribution is 2.31. The molecule has 5 rings (SSSR count). The van der Waals surface area contributed by atoms with Crippen LogP contribution in [0.3, 0.4) is 0 Å². The van der Waals surface area contributed by atoms with E-state index in [1.807, 2.05) is 34.1 Å². The first-order chi connectivity index (χ1) is 17.5. The monoisotopic (exact) mass is 510 g/mol. The first kappa shape index (κ1) is 24.6. The predicted molar refractivity (Wildman–Crippen MR) is 141 cm³/mol. The summed E-state index contributed by atoms with van der Waals surface area (Å²) in [6.07, 6.45) is 1.44. The number of piperidine rings is 1. The van der Waals surface area contributed by atoms with E-state index in [0.717, 1.165) is 66.3 Å². The van der Waals surface area contributed by atoms with Crippen LogP contribution in [0.5, 0.6) is 11.5 Å². The van der Waals surface area contributed by atoms with Crippen molar-refractivity contribution in [3.05, 3.63) is 47.0 Å². The number of piperazine rings is 1. The second-order valence-corrected chi connectivity index (χ2v) is 10.6. The summed E-state index contributed by atoms with van der Waals surface area (Å²) in [5.74, 6) is 1.75. The standard InChI is InChI=1S/C27H34N4O4S/c1-28-11-13-30(14-12-28)26(32)19-6-9-29(10-7-19)27(33)23-17-25-22(8-15-36-25)31(23)18-20-4-5-21(34-2)16-24(20)35-3/h4-5,8,15-17,19H,6-7,9-14,18H2,1-3H3. The SMILES string of the molecule is COc1ccc(Cn2c(C(=O)N3CCC(C(=O)N4CCN(C)CC4)CC3)cc3sccc32)c(OC)c1. The van der Waals surface area contributed by atoms with E-state index < -0.39 is 0 Å². The lowest BCUT2D eigenvalue weighted by atomic mass is 9.94. The molecule has 0 aliphatic carbocycles. The molecule has 0 spiro atoms. The Balaban J connectivity index is 1.31. The molecule has 0 saturated carbocycles. The number of hydrogen-bond donors (Lipinski definition) is 0. The Kier molecular flexibility index (Phi) is 7.20. The van der Waals surface area contributed by atoms with E-state index in [4.69, 9.17) is 9.47 Å². The van der Waals surface area contributed by atoms with Crippen molar-refractivity contribution in [2.75, 3.05) is 60.5 Å². The van der Waals surface area contributed by atoms with Crippen LogP contribution in [-0.2, 0) is 11.3 Å². The highest BCUT2D eigenvalue weighted by molar-refractivity contribution is 7.17. The lowest BCUT2D eigenvalue weighted by Gasteiger charge is -2.37. The van der Waals surface area contributed by atoms with E-state index in [-0.39, 0.29) is 17.7 Å². The number of ether oxygens (including phenoxy) is 2. The van der Waals surface area contributed by atoms with Crippen LogP contribution < -0.4 is 9.47 Å². The number of carbonyl (C=O) groups excluding carboxylic acids is 2. The van der Waals surface area contributed by atoms with Crippen LogP contribution in [0.1, 0.15) is 28.9 Å². The molecule has 2 aliphatic rings. The number of fused-ring (bicyclic) bond motifs is 1. The molecule has 2 fully saturated rings. The first-order valence-corrected chi connectivity index (χ1v) is 13.4. The fourth-order valence-electron chi connectivity index (χ4n) is 5.25. The fourth-order valence-corrected chi connectivity index (χ4v) is 6.08. The number of likely N-dealkylation sites (N-methyl/N-ethyl adjacent to an activating group) is 1. The summed E-state index contributed by atoms with van der Waals surface area (Å²) in [4.78, 5) is 32.9. The van der Waals surface area contributed by atoms with Crippen molar-refractivity contribution >= 4 is 33.4 Å². The van der Waals surface area contributed by atoms with Crippen molar-refractivity contribution in [3.63, 3.8) is 0 Å². The van der Waals surface area contributed by atoms with Crippen molar-refractivity contribution in [3.8, 4) is 11.5 Å². The third-order valence-electron chi connectivity index (χ3n) is 7.51. The molecule has 3 aromatic rings. The van der Waals surface area contributed by atoms with Crippen LogP contribution in [0, 0.1) is 5.92 Å². The lowest BCUT2D eigenvalue weighted by Crippen LogP contribution is -2.51. The van der Waals surface area contributed by atoms with E-state index in [1.165, 1.54) is 0 Å². The smallest absolute Gasteiger partial charge is 0.270 e. The van der Waals surface area contributed by atoms with E-state index in [0.29, 0.717) is 25.3 Å². The molecule has 0 radical (unpaired) electrons.